The molecule has 1 aromatic heterocycles. The molecule has 1 heterocycles. The third-order valence-corrected chi connectivity index (χ3v) is 3.77. The van der Waals surface area contributed by atoms with Crippen molar-refractivity contribution in [2.75, 3.05) is 6.61 Å². The van der Waals surface area contributed by atoms with E-state index in [1.807, 2.05) is 6.92 Å². The molecule has 0 unspecified atom stereocenters. The summed E-state index contributed by atoms with van der Waals surface area (Å²) in [6.45, 7) is 9.71. The third-order valence-electron chi connectivity index (χ3n) is 3.77. The number of rotatable bonds is 7. The molecule has 0 spiro atoms. The van der Waals surface area contributed by atoms with Crippen LogP contribution in [0.1, 0.15) is 66.2 Å². The average molecular weight is 381 g/mol. The van der Waals surface area contributed by atoms with E-state index in [-0.39, 0.29) is 23.4 Å². The van der Waals surface area contributed by atoms with Crippen molar-refractivity contribution in [3.8, 4) is 0 Å². The Labute approximate surface area is 158 Å². The van der Waals surface area contributed by atoms with Crippen molar-refractivity contribution in [2.45, 2.75) is 60.1 Å². The fourth-order valence-corrected chi connectivity index (χ4v) is 2.26. The zero-order valence-electron chi connectivity index (χ0n) is 16.5. The standard InChI is InChI=1S/C18H27N3O6/c1-7-10(4)19-18(25)21-13(22)8-26-17(24)15-11(5)14(12(6)20-15)16(23)27-9(2)3/h9-10,20H,7-8H2,1-6H3,(H2,19,21,22,25)/t10-/m1/s1. The molecule has 1 rings (SSSR count). The molecular weight excluding hydrogens is 354 g/mol. The molecule has 9 heteroatoms. The van der Waals surface area contributed by atoms with Gasteiger partial charge in [-0.15, -0.1) is 0 Å². The van der Waals surface area contributed by atoms with Gasteiger partial charge in [-0.05, 0) is 46.6 Å². The Morgan fingerprint density at radius 1 is 1.07 bits per heavy atom. The number of aryl methyl sites for hydroxylation is 1. The first kappa shape index (κ1) is 22.2. The smallest absolute Gasteiger partial charge is 0.355 e. The van der Waals surface area contributed by atoms with Gasteiger partial charge in [0.25, 0.3) is 5.91 Å². The molecule has 0 aliphatic rings. The minimum Gasteiger partial charge on any atom is -0.459 e. The van der Waals surface area contributed by atoms with Crippen molar-refractivity contribution < 1.29 is 28.7 Å². The van der Waals surface area contributed by atoms with Gasteiger partial charge in [-0.2, -0.15) is 0 Å². The van der Waals surface area contributed by atoms with Crippen LogP contribution in [0.15, 0.2) is 0 Å². The Bertz CT molecular complexity index is 723. The number of H-pyrrole nitrogens is 1. The number of amides is 3. The van der Waals surface area contributed by atoms with Crippen LogP contribution in [-0.4, -0.2) is 47.6 Å². The Morgan fingerprint density at radius 2 is 1.70 bits per heavy atom. The number of aromatic nitrogens is 1. The first-order valence-electron chi connectivity index (χ1n) is 8.74. The number of carbonyl (C=O) groups is 4. The summed E-state index contributed by atoms with van der Waals surface area (Å²) >= 11 is 0. The van der Waals surface area contributed by atoms with E-state index in [0.29, 0.717) is 17.7 Å². The molecule has 0 fully saturated rings. The number of carbonyl (C=O) groups excluding carboxylic acids is 4. The highest BCUT2D eigenvalue weighted by atomic mass is 16.5. The van der Waals surface area contributed by atoms with Crippen molar-refractivity contribution in [3.63, 3.8) is 0 Å². The van der Waals surface area contributed by atoms with E-state index in [1.54, 1.807) is 34.6 Å². The van der Waals surface area contributed by atoms with Gasteiger partial charge < -0.3 is 19.8 Å². The molecule has 0 aromatic carbocycles. The lowest BCUT2D eigenvalue weighted by atomic mass is 10.1. The molecule has 9 nitrogen and oxygen atoms in total. The maximum absolute atomic E-state index is 12.2. The monoisotopic (exact) mass is 381 g/mol. The Hall–Kier alpha value is -2.84. The van der Waals surface area contributed by atoms with Gasteiger partial charge in [0, 0.05) is 11.7 Å². The zero-order chi connectivity index (χ0) is 20.7. The van der Waals surface area contributed by atoms with Crippen LogP contribution in [0.3, 0.4) is 0 Å². The number of hydrogen-bond donors (Lipinski definition) is 3. The molecule has 0 saturated carbocycles. The molecule has 0 radical (unpaired) electrons. The molecule has 0 aliphatic carbocycles. The van der Waals surface area contributed by atoms with Gasteiger partial charge in [0.05, 0.1) is 11.7 Å². The molecule has 1 atom stereocenters. The number of urea groups is 1. The van der Waals surface area contributed by atoms with E-state index in [9.17, 15) is 19.2 Å². The van der Waals surface area contributed by atoms with Crippen LogP contribution in [0.2, 0.25) is 0 Å². The van der Waals surface area contributed by atoms with Gasteiger partial charge in [0.1, 0.15) is 5.69 Å². The molecular formula is C18H27N3O6. The van der Waals surface area contributed by atoms with Crippen molar-refractivity contribution in [1.29, 1.82) is 0 Å². The normalized spacial score (nSPS) is 11.7. The number of hydrogen-bond acceptors (Lipinski definition) is 6. The quantitative estimate of drug-likeness (QED) is 0.620. The van der Waals surface area contributed by atoms with Gasteiger partial charge in [-0.25, -0.2) is 14.4 Å². The van der Waals surface area contributed by atoms with Crippen LogP contribution in [0, 0.1) is 13.8 Å². The summed E-state index contributed by atoms with van der Waals surface area (Å²) in [7, 11) is 0. The largest absolute Gasteiger partial charge is 0.459 e. The topological polar surface area (TPSA) is 127 Å². The summed E-state index contributed by atoms with van der Waals surface area (Å²) in [5.41, 5.74) is 1.15. The van der Waals surface area contributed by atoms with Crippen molar-refractivity contribution in [3.05, 3.63) is 22.5 Å². The second kappa shape index (κ2) is 9.75. The van der Waals surface area contributed by atoms with Gasteiger partial charge in [0.15, 0.2) is 6.61 Å². The number of ether oxygens (including phenoxy) is 2. The minimum atomic E-state index is -0.809. The summed E-state index contributed by atoms with van der Waals surface area (Å²) in [4.78, 5) is 50.4. The van der Waals surface area contributed by atoms with Crippen molar-refractivity contribution in [1.82, 2.24) is 15.6 Å². The van der Waals surface area contributed by atoms with Gasteiger partial charge in [-0.3, -0.25) is 10.1 Å². The molecule has 1 aromatic rings. The van der Waals surface area contributed by atoms with Crippen molar-refractivity contribution >= 4 is 23.9 Å². The molecule has 150 valence electrons. The predicted molar refractivity (Wildman–Crippen MR) is 97.5 cm³/mol. The highest BCUT2D eigenvalue weighted by molar-refractivity contribution is 6.00. The van der Waals surface area contributed by atoms with Crippen LogP contribution in [0.4, 0.5) is 4.79 Å². The van der Waals surface area contributed by atoms with E-state index >= 15 is 0 Å². The lowest BCUT2D eigenvalue weighted by molar-refractivity contribution is -0.123. The highest BCUT2D eigenvalue weighted by Gasteiger charge is 2.25. The van der Waals surface area contributed by atoms with E-state index < -0.39 is 30.5 Å². The van der Waals surface area contributed by atoms with Crippen LogP contribution in [0.25, 0.3) is 0 Å². The van der Waals surface area contributed by atoms with E-state index in [1.165, 1.54) is 0 Å². The number of imide groups is 1. The summed E-state index contributed by atoms with van der Waals surface area (Å²) in [6, 6.07) is -0.745. The SMILES string of the molecule is CC[C@@H](C)NC(=O)NC(=O)COC(=O)c1[nH]c(C)c(C(=O)OC(C)C)c1C. The van der Waals surface area contributed by atoms with Crippen LogP contribution in [0.5, 0.6) is 0 Å². The van der Waals surface area contributed by atoms with Gasteiger partial charge in [0.2, 0.25) is 0 Å². The minimum absolute atomic E-state index is 0.0556. The molecule has 3 N–H and O–H groups in total. The second-order valence-corrected chi connectivity index (χ2v) is 6.49. The molecule has 27 heavy (non-hydrogen) atoms. The fourth-order valence-electron chi connectivity index (χ4n) is 2.26. The van der Waals surface area contributed by atoms with Crippen LogP contribution >= 0.6 is 0 Å². The van der Waals surface area contributed by atoms with Gasteiger partial charge >= 0.3 is 18.0 Å². The lowest BCUT2D eigenvalue weighted by Gasteiger charge is -2.11. The number of aromatic amines is 1. The highest BCUT2D eigenvalue weighted by Crippen LogP contribution is 2.20. The predicted octanol–water partition coefficient (Wildman–Crippen LogP) is 1.98. The lowest BCUT2D eigenvalue weighted by Crippen LogP contribution is -2.44. The van der Waals surface area contributed by atoms with Crippen LogP contribution in [-0.2, 0) is 14.3 Å². The van der Waals surface area contributed by atoms with E-state index in [0.717, 1.165) is 0 Å². The summed E-state index contributed by atoms with van der Waals surface area (Å²) in [5, 5.41) is 4.63. The molecule has 0 saturated heterocycles. The first-order valence-corrected chi connectivity index (χ1v) is 8.74. The Morgan fingerprint density at radius 3 is 2.26 bits per heavy atom. The molecule has 0 aliphatic heterocycles. The van der Waals surface area contributed by atoms with E-state index in [4.69, 9.17) is 9.47 Å². The number of esters is 2. The van der Waals surface area contributed by atoms with Gasteiger partial charge in [-0.1, -0.05) is 6.92 Å². The van der Waals surface area contributed by atoms with E-state index in [2.05, 4.69) is 15.6 Å². The van der Waals surface area contributed by atoms with Crippen LogP contribution < -0.4 is 10.6 Å². The molecule has 0 bridgehead atoms. The summed E-state index contributed by atoms with van der Waals surface area (Å²) in [6.07, 6.45) is 0.413. The number of nitrogens with one attached hydrogen (secondary N) is 3. The average Bonchev–Trinajstić information content (AvgIpc) is 2.86. The third kappa shape index (κ3) is 6.43. The Kier molecular flexibility index (Phi) is 8.01. The summed E-state index contributed by atoms with van der Waals surface area (Å²) < 4.78 is 10.1. The first-order chi connectivity index (χ1) is 12.6. The maximum atomic E-state index is 12.2. The summed E-state index contributed by atoms with van der Waals surface area (Å²) in [5.74, 6) is -2.11. The van der Waals surface area contributed by atoms with Crippen molar-refractivity contribution in [2.24, 2.45) is 0 Å². The zero-order valence-corrected chi connectivity index (χ0v) is 16.5. The molecule has 3 amide bonds. The fraction of sp³-hybridized carbons (Fsp3) is 0.556. The maximum Gasteiger partial charge on any atom is 0.355 e. The Balaban J connectivity index is 2.69. The second-order valence-electron chi connectivity index (χ2n) is 6.49.